The maximum Gasteiger partial charge on any atom is 0.172 e. The molecule has 4 heteroatoms. The minimum absolute atomic E-state index is 0.0647. The Morgan fingerprint density at radius 3 is 2.50 bits per heavy atom. The number of aliphatic imine (C=N–C) groups is 1. The molecule has 3 aliphatic rings. The quantitative estimate of drug-likeness (QED) is 0.203. The van der Waals surface area contributed by atoms with Crippen molar-refractivity contribution in [1.82, 2.24) is 0 Å². The summed E-state index contributed by atoms with van der Waals surface area (Å²) >= 11 is 0. The van der Waals surface area contributed by atoms with E-state index in [1.807, 2.05) is 0 Å². The third kappa shape index (κ3) is 7.27. The second-order valence-electron chi connectivity index (χ2n) is 11.9. The molecule has 4 unspecified atom stereocenters. The van der Waals surface area contributed by atoms with Crippen LogP contribution in [-0.4, -0.2) is 34.5 Å². The molecule has 1 N–H and O–H groups in total. The van der Waals surface area contributed by atoms with Crippen LogP contribution in [0.25, 0.3) is 0 Å². The van der Waals surface area contributed by atoms with Gasteiger partial charge in [0.15, 0.2) is 11.6 Å². The SMILES string of the molecule is CCCC(O)(CCCCC(C)=NCC1CC(C)CCC1C)OC12CCCC(C)(CCC1)O2. The summed E-state index contributed by atoms with van der Waals surface area (Å²) in [6.07, 6.45) is 15.7. The lowest BCUT2D eigenvalue weighted by molar-refractivity contribution is -0.400. The van der Waals surface area contributed by atoms with E-state index >= 15 is 0 Å². The largest absolute Gasteiger partial charge is 0.365 e. The van der Waals surface area contributed by atoms with E-state index in [2.05, 4.69) is 34.6 Å². The van der Waals surface area contributed by atoms with Gasteiger partial charge in [-0.2, -0.15) is 0 Å². The zero-order chi connectivity index (χ0) is 23.2. The Kier molecular flexibility index (Phi) is 9.25. The van der Waals surface area contributed by atoms with Gasteiger partial charge in [0.1, 0.15) is 0 Å². The van der Waals surface area contributed by atoms with E-state index in [-0.39, 0.29) is 5.60 Å². The molecule has 2 saturated heterocycles. The molecular formula is C28H51NO3. The first-order valence-corrected chi connectivity index (χ1v) is 13.8. The van der Waals surface area contributed by atoms with Gasteiger partial charge in [0.2, 0.25) is 0 Å². The number of hydrogen-bond acceptors (Lipinski definition) is 4. The zero-order valence-corrected chi connectivity index (χ0v) is 21.8. The molecular weight excluding hydrogens is 398 g/mol. The third-order valence-corrected chi connectivity index (χ3v) is 8.55. The van der Waals surface area contributed by atoms with Gasteiger partial charge in [0, 0.05) is 37.9 Å². The van der Waals surface area contributed by atoms with E-state index < -0.39 is 11.6 Å². The second-order valence-corrected chi connectivity index (χ2v) is 11.9. The van der Waals surface area contributed by atoms with Crippen molar-refractivity contribution in [3.63, 3.8) is 0 Å². The first kappa shape index (κ1) is 26.2. The van der Waals surface area contributed by atoms with Crippen LogP contribution in [0.4, 0.5) is 0 Å². The lowest BCUT2D eigenvalue weighted by Crippen LogP contribution is -2.56. The average molecular weight is 450 g/mol. The molecule has 2 heterocycles. The van der Waals surface area contributed by atoms with Crippen LogP contribution in [0, 0.1) is 17.8 Å². The Balaban J connectivity index is 1.46. The molecule has 0 amide bonds. The smallest absolute Gasteiger partial charge is 0.172 e. The molecule has 3 fully saturated rings. The molecule has 1 saturated carbocycles. The van der Waals surface area contributed by atoms with Gasteiger partial charge in [-0.05, 0) is 83.0 Å². The van der Waals surface area contributed by atoms with Gasteiger partial charge in [0.25, 0.3) is 0 Å². The standard InChI is InChI=1S/C28H51NO3/c1-6-14-27(30,32-28-18-9-15-26(5,31-28)16-10-19-28)17-8-7-11-24(4)29-21-25-20-22(2)12-13-23(25)3/h22-23,25,30H,6-21H2,1-5H3. The van der Waals surface area contributed by atoms with E-state index in [0.29, 0.717) is 12.8 Å². The van der Waals surface area contributed by atoms with Crippen LogP contribution >= 0.6 is 0 Å². The number of nitrogens with zero attached hydrogens (tertiary/aromatic N) is 1. The fourth-order valence-corrected chi connectivity index (χ4v) is 6.49. The van der Waals surface area contributed by atoms with Crippen LogP contribution in [0.15, 0.2) is 4.99 Å². The molecule has 0 aromatic heterocycles. The lowest BCUT2D eigenvalue weighted by Gasteiger charge is -2.53. The number of fused-ring (bicyclic) bond motifs is 2. The molecule has 0 spiro atoms. The minimum Gasteiger partial charge on any atom is -0.365 e. The van der Waals surface area contributed by atoms with Gasteiger partial charge in [0.05, 0.1) is 5.60 Å². The summed E-state index contributed by atoms with van der Waals surface area (Å²) in [6, 6.07) is 0. The highest BCUT2D eigenvalue weighted by molar-refractivity contribution is 5.81. The van der Waals surface area contributed by atoms with E-state index in [0.717, 1.165) is 88.5 Å². The third-order valence-electron chi connectivity index (χ3n) is 8.55. The van der Waals surface area contributed by atoms with Crippen molar-refractivity contribution in [3.8, 4) is 0 Å². The zero-order valence-electron chi connectivity index (χ0n) is 21.8. The monoisotopic (exact) mass is 449 g/mol. The molecule has 0 aromatic rings. The van der Waals surface area contributed by atoms with Gasteiger partial charge in [-0.1, -0.05) is 40.0 Å². The normalized spacial score (nSPS) is 37.8. The number of aliphatic hydroxyl groups is 1. The van der Waals surface area contributed by atoms with Gasteiger partial charge in [-0.15, -0.1) is 0 Å². The van der Waals surface area contributed by atoms with Crippen molar-refractivity contribution in [1.29, 1.82) is 0 Å². The summed E-state index contributed by atoms with van der Waals surface area (Å²) in [5.41, 5.74) is 1.21. The van der Waals surface area contributed by atoms with Crippen LogP contribution in [-0.2, 0) is 9.47 Å². The summed E-state index contributed by atoms with van der Waals surface area (Å²) in [4.78, 5) is 4.95. The van der Waals surface area contributed by atoms with Crippen molar-refractivity contribution < 1.29 is 14.6 Å². The predicted molar refractivity (Wildman–Crippen MR) is 133 cm³/mol. The highest BCUT2D eigenvalue weighted by Gasteiger charge is 2.50. The summed E-state index contributed by atoms with van der Waals surface area (Å²) in [6.45, 7) is 12.3. The van der Waals surface area contributed by atoms with E-state index in [1.54, 1.807) is 0 Å². The molecule has 186 valence electrons. The summed E-state index contributed by atoms with van der Waals surface area (Å²) < 4.78 is 13.0. The Labute approximate surface area is 197 Å². The van der Waals surface area contributed by atoms with Crippen LogP contribution in [0.3, 0.4) is 0 Å². The Morgan fingerprint density at radius 1 is 1.09 bits per heavy atom. The van der Waals surface area contributed by atoms with Crippen molar-refractivity contribution in [2.24, 2.45) is 22.7 Å². The maximum atomic E-state index is 11.4. The molecule has 32 heavy (non-hydrogen) atoms. The summed E-state index contributed by atoms with van der Waals surface area (Å²) in [5, 5.41) is 11.4. The molecule has 3 rings (SSSR count). The van der Waals surface area contributed by atoms with Crippen molar-refractivity contribution in [2.45, 2.75) is 148 Å². The molecule has 1 aliphatic carbocycles. The molecule has 4 atom stereocenters. The Morgan fingerprint density at radius 2 is 1.81 bits per heavy atom. The number of rotatable bonds is 11. The van der Waals surface area contributed by atoms with E-state index in [1.165, 1.54) is 25.0 Å². The van der Waals surface area contributed by atoms with E-state index in [9.17, 15) is 5.11 Å². The second kappa shape index (κ2) is 11.3. The van der Waals surface area contributed by atoms with E-state index in [4.69, 9.17) is 14.5 Å². The van der Waals surface area contributed by atoms with Gasteiger partial charge in [-0.3, -0.25) is 4.99 Å². The average Bonchev–Trinajstić information content (AvgIpc) is 2.71. The predicted octanol–water partition coefficient (Wildman–Crippen LogP) is 7.42. The number of hydrogen-bond donors (Lipinski definition) is 1. The lowest BCUT2D eigenvalue weighted by atomic mass is 9.75. The van der Waals surface area contributed by atoms with Crippen LogP contribution in [0.5, 0.6) is 0 Å². The number of unbranched alkanes of at least 4 members (excludes halogenated alkanes) is 1. The van der Waals surface area contributed by atoms with Crippen LogP contribution in [0.1, 0.15) is 131 Å². The number of ether oxygens (including phenoxy) is 2. The fourth-order valence-electron chi connectivity index (χ4n) is 6.49. The van der Waals surface area contributed by atoms with Crippen LogP contribution < -0.4 is 0 Å². The Hall–Kier alpha value is -0.450. The van der Waals surface area contributed by atoms with Crippen LogP contribution in [0.2, 0.25) is 0 Å². The van der Waals surface area contributed by atoms with Crippen molar-refractivity contribution in [3.05, 3.63) is 0 Å². The minimum atomic E-state index is -1.07. The van der Waals surface area contributed by atoms with Gasteiger partial charge < -0.3 is 14.6 Å². The first-order chi connectivity index (χ1) is 15.2. The molecule has 0 aromatic carbocycles. The van der Waals surface area contributed by atoms with Crippen molar-refractivity contribution in [2.75, 3.05) is 6.54 Å². The fraction of sp³-hybridized carbons (Fsp3) is 0.964. The summed E-state index contributed by atoms with van der Waals surface area (Å²) in [7, 11) is 0. The molecule has 4 nitrogen and oxygen atoms in total. The highest BCUT2D eigenvalue weighted by atomic mass is 16.8. The van der Waals surface area contributed by atoms with Crippen molar-refractivity contribution >= 4 is 5.71 Å². The maximum absolute atomic E-state index is 11.4. The highest BCUT2D eigenvalue weighted by Crippen LogP contribution is 2.48. The van der Waals surface area contributed by atoms with Gasteiger partial charge in [-0.25, -0.2) is 0 Å². The Bertz CT molecular complexity index is 608. The van der Waals surface area contributed by atoms with Gasteiger partial charge >= 0.3 is 0 Å². The molecule has 0 radical (unpaired) electrons. The first-order valence-electron chi connectivity index (χ1n) is 13.8. The summed E-state index contributed by atoms with van der Waals surface area (Å²) in [5.74, 6) is 0.793. The molecule has 2 bridgehead atoms. The molecule has 2 aliphatic heterocycles. The topological polar surface area (TPSA) is 51.1 Å².